The van der Waals surface area contributed by atoms with Crippen LogP contribution in [0.2, 0.25) is 0 Å². The fraction of sp³-hybridized carbons (Fsp3) is 0.154. The van der Waals surface area contributed by atoms with Crippen LogP contribution in [0.5, 0.6) is 11.5 Å². The van der Waals surface area contributed by atoms with Gasteiger partial charge in [-0.25, -0.2) is 4.68 Å². The third kappa shape index (κ3) is 4.34. The molecule has 4 aromatic rings. The van der Waals surface area contributed by atoms with Gasteiger partial charge in [0.25, 0.3) is 5.91 Å². The standard InChI is InChI=1S/C26H25N3O3/c1-17-5-9-19(10-6-17)27-26(30)24-16-23(22-14-13-21(31-3)15-25(22)32-4)28-29(24)20-11-7-18(2)8-12-20/h5-16H,1-4H3,(H,27,30). The van der Waals surface area contributed by atoms with Gasteiger partial charge in [-0.1, -0.05) is 35.4 Å². The van der Waals surface area contributed by atoms with Gasteiger partial charge in [0.2, 0.25) is 0 Å². The molecule has 0 aliphatic heterocycles. The summed E-state index contributed by atoms with van der Waals surface area (Å²) < 4.78 is 12.5. The number of benzene rings is 3. The van der Waals surface area contributed by atoms with E-state index in [-0.39, 0.29) is 5.91 Å². The number of rotatable bonds is 6. The molecule has 3 aromatic carbocycles. The molecular weight excluding hydrogens is 402 g/mol. The number of amides is 1. The molecule has 0 aliphatic rings. The minimum atomic E-state index is -0.249. The van der Waals surface area contributed by atoms with Crippen LogP contribution in [0.25, 0.3) is 16.9 Å². The van der Waals surface area contributed by atoms with E-state index in [4.69, 9.17) is 14.6 Å². The molecule has 0 saturated heterocycles. The van der Waals surface area contributed by atoms with Gasteiger partial charge in [0.05, 0.1) is 25.6 Å². The van der Waals surface area contributed by atoms with Crippen LogP contribution in [-0.2, 0) is 0 Å². The number of aryl methyl sites for hydroxylation is 2. The van der Waals surface area contributed by atoms with Crippen molar-refractivity contribution in [2.45, 2.75) is 13.8 Å². The van der Waals surface area contributed by atoms with Crippen molar-refractivity contribution in [2.75, 3.05) is 19.5 Å². The van der Waals surface area contributed by atoms with Crippen LogP contribution in [-0.4, -0.2) is 29.9 Å². The number of hydrogen-bond acceptors (Lipinski definition) is 4. The first-order chi connectivity index (χ1) is 15.5. The number of anilines is 1. The van der Waals surface area contributed by atoms with Crippen molar-refractivity contribution in [1.82, 2.24) is 9.78 Å². The summed E-state index contributed by atoms with van der Waals surface area (Å²) in [5.74, 6) is 1.05. The maximum absolute atomic E-state index is 13.2. The largest absolute Gasteiger partial charge is 0.497 e. The lowest BCUT2D eigenvalue weighted by molar-refractivity contribution is 0.101. The molecule has 0 unspecified atom stereocenters. The van der Waals surface area contributed by atoms with Crippen molar-refractivity contribution < 1.29 is 14.3 Å². The van der Waals surface area contributed by atoms with Crippen LogP contribution in [0, 0.1) is 13.8 Å². The highest BCUT2D eigenvalue weighted by Gasteiger charge is 2.20. The number of carbonyl (C=O) groups excluding carboxylic acids is 1. The van der Waals surface area contributed by atoms with Gasteiger partial charge in [-0.15, -0.1) is 0 Å². The van der Waals surface area contributed by atoms with Crippen LogP contribution in [0.15, 0.2) is 72.8 Å². The summed E-state index contributed by atoms with van der Waals surface area (Å²) in [5, 5.41) is 7.72. The second kappa shape index (κ2) is 8.98. The smallest absolute Gasteiger partial charge is 0.274 e. The third-order valence-corrected chi connectivity index (χ3v) is 5.21. The van der Waals surface area contributed by atoms with Crippen LogP contribution in [0.4, 0.5) is 5.69 Å². The zero-order valence-electron chi connectivity index (χ0n) is 18.5. The summed E-state index contributed by atoms with van der Waals surface area (Å²) in [6.07, 6.45) is 0. The maximum Gasteiger partial charge on any atom is 0.274 e. The number of nitrogens with zero attached hydrogens (tertiary/aromatic N) is 2. The average Bonchev–Trinajstić information content (AvgIpc) is 3.26. The van der Waals surface area contributed by atoms with Crippen molar-refractivity contribution in [3.63, 3.8) is 0 Å². The third-order valence-electron chi connectivity index (χ3n) is 5.21. The Hall–Kier alpha value is -4.06. The topological polar surface area (TPSA) is 65.4 Å². The Morgan fingerprint density at radius 1 is 0.844 bits per heavy atom. The molecular formula is C26H25N3O3. The first-order valence-corrected chi connectivity index (χ1v) is 10.3. The summed E-state index contributed by atoms with van der Waals surface area (Å²) in [6.45, 7) is 4.03. The van der Waals surface area contributed by atoms with Crippen molar-refractivity contribution in [2.24, 2.45) is 0 Å². The fourth-order valence-electron chi connectivity index (χ4n) is 3.40. The number of nitrogens with one attached hydrogen (secondary N) is 1. The van der Waals surface area contributed by atoms with Crippen LogP contribution < -0.4 is 14.8 Å². The van der Waals surface area contributed by atoms with E-state index in [0.29, 0.717) is 22.9 Å². The van der Waals surface area contributed by atoms with Crippen molar-refractivity contribution in [1.29, 1.82) is 0 Å². The number of methoxy groups -OCH3 is 2. The lowest BCUT2D eigenvalue weighted by Gasteiger charge is -2.09. The Labute approximate surface area is 187 Å². The Balaban J connectivity index is 1.79. The van der Waals surface area contributed by atoms with E-state index >= 15 is 0 Å². The van der Waals surface area contributed by atoms with Crippen LogP contribution >= 0.6 is 0 Å². The molecule has 6 heteroatoms. The molecule has 0 spiro atoms. The average molecular weight is 428 g/mol. The van der Waals surface area contributed by atoms with Gasteiger partial charge in [0.1, 0.15) is 17.2 Å². The Bertz CT molecular complexity index is 1240. The lowest BCUT2D eigenvalue weighted by atomic mass is 10.1. The number of hydrogen-bond donors (Lipinski definition) is 1. The second-order valence-corrected chi connectivity index (χ2v) is 7.55. The van der Waals surface area contributed by atoms with E-state index in [9.17, 15) is 4.79 Å². The Kier molecular flexibility index (Phi) is 5.94. The molecule has 162 valence electrons. The van der Waals surface area contributed by atoms with Gasteiger partial charge in [0, 0.05) is 17.3 Å². The molecule has 0 bridgehead atoms. The number of carbonyl (C=O) groups is 1. The van der Waals surface area contributed by atoms with Gasteiger partial charge in [-0.2, -0.15) is 5.10 Å². The maximum atomic E-state index is 13.2. The second-order valence-electron chi connectivity index (χ2n) is 7.55. The van der Waals surface area contributed by atoms with E-state index in [1.54, 1.807) is 31.0 Å². The summed E-state index contributed by atoms with van der Waals surface area (Å²) in [6, 6.07) is 22.8. The van der Waals surface area contributed by atoms with Crippen LogP contribution in [0.3, 0.4) is 0 Å². The normalized spacial score (nSPS) is 10.6. The SMILES string of the molecule is COc1ccc(-c2cc(C(=O)Nc3ccc(C)cc3)n(-c3ccc(C)cc3)n2)c(OC)c1. The first kappa shape index (κ1) is 21.2. The molecule has 1 heterocycles. The van der Waals surface area contributed by atoms with Gasteiger partial charge in [-0.3, -0.25) is 4.79 Å². The first-order valence-electron chi connectivity index (χ1n) is 10.3. The van der Waals surface area contributed by atoms with Gasteiger partial charge >= 0.3 is 0 Å². The molecule has 1 N–H and O–H groups in total. The predicted molar refractivity (Wildman–Crippen MR) is 126 cm³/mol. The summed E-state index contributed by atoms with van der Waals surface area (Å²) in [5.41, 5.74) is 5.58. The number of aromatic nitrogens is 2. The van der Waals surface area contributed by atoms with E-state index in [2.05, 4.69) is 5.32 Å². The molecule has 32 heavy (non-hydrogen) atoms. The van der Waals surface area contributed by atoms with E-state index in [1.165, 1.54) is 0 Å². The highest BCUT2D eigenvalue weighted by Crippen LogP contribution is 2.33. The molecule has 0 radical (unpaired) electrons. The monoisotopic (exact) mass is 427 g/mol. The fourth-order valence-corrected chi connectivity index (χ4v) is 3.40. The quantitative estimate of drug-likeness (QED) is 0.446. The van der Waals surface area contributed by atoms with Gasteiger partial charge in [-0.05, 0) is 56.3 Å². The predicted octanol–water partition coefficient (Wildman–Crippen LogP) is 5.43. The molecule has 0 aliphatic carbocycles. The van der Waals surface area contributed by atoms with E-state index in [1.807, 2.05) is 74.5 Å². The number of ether oxygens (including phenoxy) is 2. The summed E-state index contributed by atoms with van der Waals surface area (Å²) in [4.78, 5) is 13.2. The van der Waals surface area contributed by atoms with Crippen molar-refractivity contribution >= 4 is 11.6 Å². The molecule has 4 rings (SSSR count). The van der Waals surface area contributed by atoms with Crippen LogP contribution in [0.1, 0.15) is 21.6 Å². The Morgan fingerprint density at radius 3 is 2.12 bits per heavy atom. The minimum Gasteiger partial charge on any atom is -0.497 e. The van der Waals surface area contributed by atoms with Crippen molar-refractivity contribution in [3.8, 4) is 28.4 Å². The highest BCUT2D eigenvalue weighted by atomic mass is 16.5. The molecule has 0 fully saturated rings. The molecule has 6 nitrogen and oxygen atoms in total. The van der Waals surface area contributed by atoms with Gasteiger partial charge in [0.15, 0.2) is 0 Å². The van der Waals surface area contributed by atoms with Gasteiger partial charge < -0.3 is 14.8 Å². The highest BCUT2D eigenvalue weighted by molar-refractivity contribution is 6.04. The molecule has 0 saturated carbocycles. The lowest BCUT2D eigenvalue weighted by Crippen LogP contribution is -2.16. The minimum absolute atomic E-state index is 0.249. The van der Waals surface area contributed by atoms with E-state index in [0.717, 1.165) is 28.1 Å². The zero-order valence-corrected chi connectivity index (χ0v) is 18.5. The summed E-state index contributed by atoms with van der Waals surface area (Å²) in [7, 11) is 3.20. The van der Waals surface area contributed by atoms with Crippen molar-refractivity contribution in [3.05, 3.63) is 89.6 Å². The molecule has 1 amide bonds. The molecule has 1 aromatic heterocycles. The summed E-state index contributed by atoms with van der Waals surface area (Å²) >= 11 is 0. The zero-order chi connectivity index (χ0) is 22.7. The molecule has 0 atom stereocenters. The van der Waals surface area contributed by atoms with E-state index < -0.39 is 0 Å². The Morgan fingerprint density at radius 2 is 1.50 bits per heavy atom.